The largest absolute Gasteiger partial charge is 0.323 e. The normalized spacial score (nSPS) is 14.1. The van der Waals surface area contributed by atoms with Crippen molar-refractivity contribution in [1.29, 1.82) is 0 Å². The number of carbonyl (C=O) groups excluding carboxylic acids is 1. The Labute approximate surface area is 157 Å². The van der Waals surface area contributed by atoms with Gasteiger partial charge in [-0.25, -0.2) is 14.8 Å². The summed E-state index contributed by atoms with van der Waals surface area (Å²) in [6, 6.07) is 5.27. The third kappa shape index (κ3) is 2.73. The molecule has 0 bridgehead atoms. The van der Waals surface area contributed by atoms with E-state index in [0.29, 0.717) is 27.5 Å². The summed E-state index contributed by atoms with van der Waals surface area (Å²) in [7, 11) is 0. The zero-order valence-corrected chi connectivity index (χ0v) is 15.7. The Morgan fingerprint density at radius 1 is 1.19 bits per heavy atom. The molecular weight excluding hydrogens is 362 g/mol. The van der Waals surface area contributed by atoms with E-state index >= 15 is 0 Å². The molecule has 0 unspecified atom stereocenters. The van der Waals surface area contributed by atoms with Gasteiger partial charge in [-0.2, -0.15) is 0 Å². The van der Waals surface area contributed by atoms with Gasteiger partial charge in [-0.05, 0) is 50.5 Å². The summed E-state index contributed by atoms with van der Waals surface area (Å²) in [5.74, 6) is 1.19. The number of rotatable bonds is 3. The zero-order chi connectivity index (χ0) is 18.7. The highest BCUT2D eigenvalue weighted by atomic mass is 32.1. The van der Waals surface area contributed by atoms with Crippen molar-refractivity contribution in [3.8, 4) is 0 Å². The average molecular weight is 379 g/mol. The lowest BCUT2D eigenvalue weighted by atomic mass is 10.1. The van der Waals surface area contributed by atoms with Gasteiger partial charge in [0.15, 0.2) is 0 Å². The van der Waals surface area contributed by atoms with Gasteiger partial charge in [0.1, 0.15) is 10.7 Å². The van der Waals surface area contributed by atoms with Gasteiger partial charge in [0.25, 0.3) is 5.91 Å². The molecule has 0 saturated heterocycles. The predicted molar refractivity (Wildman–Crippen MR) is 106 cm³/mol. The van der Waals surface area contributed by atoms with Crippen LogP contribution in [-0.2, 0) is 0 Å². The van der Waals surface area contributed by atoms with E-state index in [-0.39, 0.29) is 11.6 Å². The molecule has 1 amide bonds. The van der Waals surface area contributed by atoms with Gasteiger partial charge in [0, 0.05) is 17.0 Å². The molecule has 7 nitrogen and oxygen atoms in total. The van der Waals surface area contributed by atoms with Gasteiger partial charge in [-0.15, -0.1) is 11.3 Å². The Morgan fingerprint density at radius 3 is 2.74 bits per heavy atom. The van der Waals surface area contributed by atoms with Crippen LogP contribution in [-0.4, -0.2) is 25.8 Å². The molecule has 27 heavy (non-hydrogen) atoms. The molecule has 1 aliphatic carbocycles. The predicted octanol–water partition coefficient (Wildman–Crippen LogP) is 3.61. The van der Waals surface area contributed by atoms with Crippen LogP contribution in [0.4, 0.5) is 5.69 Å². The number of aromatic nitrogens is 4. The molecule has 3 aromatic heterocycles. The molecule has 1 saturated carbocycles. The van der Waals surface area contributed by atoms with E-state index < -0.39 is 0 Å². The van der Waals surface area contributed by atoms with Crippen LogP contribution < -0.4 is 11.0 Å². The maximum Gasteiger partial charge on any atom is 0.323 e. The summed E-state index contributed by atoms with van der Waals surface area (Å²) < 4.78 is 0. The van der Waals surface area contributed by atoms with Crippen molar-refractivity contribution in [2.45, 2.75) is 32.6 Å². The van der Waals surface area contributed by atoms with Crippen LogP contribution in [0.2, 0.25) is 0 Å². The number of benzene rings is 1. The number of fused-ring (bicyclic) bond motifs is 2. The number of nitrogens with zero attached hydrogens (tertiary/aromatic N) is 2. The van der Waals surface area contributed by atoms with Crippen molar-refractivity contribution in [1.82, 2.24) is 19.9 Å². The van der Waals surface area contributed by atoms with Crippen LogP contribution in [0.3, 0.4) is 0 Å². The van der Waals surface area contributed by atoms with Crippen LogP contribution in [0.25, 0.3) is 21.3 Å². The minimum atomic E-state index is -0.269. The van der Waals surface area contributed by atoms with E-state index in [4.69, 9.17) is 4.98 Å². The molecule has 0 spiro atoms. The molecule has 4 aromatic rings. The molecule has 1 aromatic carbocycles. The summed E-state index contributed by atoms with van der Waals surface area (Å²) in [5.41, 5.74) is 3.55. The Morgan fingerprint density at radius 2 is 1.96 bits per heavy atom. The minimum absolute atomic E-state index is 0.180. The molecular formula is C19H17N5O2S. The Kier molecular flexibility index (Phi) is 3.45. The van der Waals surface area contributed by atoms with Crippen LogP contribution in [0.15, 0.2) is 23.0 Å². The number of H-pyrrole nitrogens is 2. The fourth-order valence-corrected chi connectivity index (χ4v) is 4.53. The summed E-state index contributed by atoms with van der Waals surface area (Å²) in [6.07, 6.45) is 2.29. The van der Waals surface area contributed by atoms with Crippen LogP contribution in [0, 0.1) is 13.8 Å². The molecule has 5 rings (SSSR count). The molecule has 3 heterocycles. The van der Waals surface area contributed by atoms with E-state index in [1.807, 2.05) is 13.8 Å². The molecule has 1 fully saturated rings. The van der Waals surface area contributed by atoms with Crippen LogP contribution in [0.1, 0.15) is 45.5 Å². The average Bonchev–Trinajstić information content (AvgIpc) is 3.32. The molecule has 0 radical (unpaired) electrons. The number of imidazole rings is 1. The van der Waals surface area contributed by atoms with Crippen LogP contribution in [0.5, 0.6) is 0 Å². The lowest BCUT2D eigenvalue weighted by molar-refractivity contribution is 0.103. The van der Waals surface area contributed by atoms with Crippen molar-refractivity contribution in [2.75, 3.05) is 5.32 Å². The van der Waals surface area contributed by atoms with Crippen molar-refractivity contribution < 1.29 is 4.79 Å². The monoisotopic (exact) mass is 379 g/mol. The smallest absolute Gasteiger partial charge is 0.321 e. The van der Waals surface area contributed by atoms with E-state index in [0.717, 1.165) is 40.1 Å². The van der Waals surface area contributed by atoms with Gasteiger partial charge in [-0.1, -0.05) is 0 Å². The van der Waals surface area contributed by atoms with E-state index in [9.17, 15) is 9.59 Å². The van der Waals surface area contributed by atoms with E-state index in [1.165, 1.54) is 11.3 Å². The lowest BCUT2D eigenvalue weighted by Gasteiger charge is -2.05. The van der Waals surface area contributed by atoms with Crippen LogP contribution >= 0.6 is 11.3 Å². The first-order chi connectivity index (χ1) is 13.0. The van der Waals surface area contributed by atoms with Gasteiger partial charge < -0.3 is 15.3 Å². The third-order valence-corrected chi connectivity index (χ3v) is 6.10. The fraction of sp³-hybridized carbons (Fsp3) is 0.263. The third-order valence-electron chi connectivity index (χ3n) is 4.91. The second kappa shape index (κ2) is 5.75. The Balaban J connectivity index is 1.51. The number of anilines is 1. The highest BCUT2D eigenvalue weighted by Gasteiger charge is 2.28. The maximum absolute atomic E-state index is 12.9. The number of nitrogens with one attached hydrogen (secondary N) is 3. The van der Waals surface area contributed by atoms with Gasteiger partial charge in [0.05, 0.1) is 21.6 Å². The zero-order valence-electron chi connectivity index (χ0n) is 14.8. The molecule has 1 aliphatic rings. The quantitative estimate of drug-likeness (QED) is 0.506. The molecule has 8 heteroatoms. The number of amides is 1. The number of aromatic amines is 2. The fourth-order valence-electron chi connectivity index (χ4n) is 3.40. The highest BCUT2D eigenvalue weighted by Crippen LogP contribution is 2.40. The second-order valence-corrected chi connectivity index (χ2v) is 7.97. The summed E-state index contributed by atoms with van der Waals surface area (Å²) in [6.45, 7) is 3.92. The Hall–Kier alpha value is -3.00. The number of carbonyl (C=O) groups is 1. The minimum Gasteiger partial charge on any atom is -0.321 e. The first kappa shape index (κ1) is 16.2. The molecule has 0 aliphatic heterocycles. The summed E-state index contributed by atoms with van der Waals surface area (Å²) in [4.78, 5) is 40.5. The Bertz CT molecular complexity index is 1280. The first-order valence-corrected chi connectivity index (χ1v) is 9.62. The maximum atomic E-state index is 12.9. The second-order valence-electron chi connectivity index (χ2n) is 6.97. The topological polar surface area (TPSA) is 104 Å². The van der Waals surface area contributed by atoms with E-state index in [1.54, 1.807) is 18.2 Å². The van der Waals surface area contributed by atoms with Crippen molar-refractivity contribution in [3.63, 3.8) is 0 Å². The van der Waals surface area contributed by atoms with Gasteiger partial charge in [-0.3, -0.25) is 4.79 Å². The first-order valence-electron chi connectivity index (χ1n) is 8.80. The molecule has 0 atom stereocenters. The van der Waals surface area contributed by atoms with Gasteiger partial charge >= 0.3 is 5.69 Å². The number of hydrogen-bond acceptors (Lipinski definition) is 5. The van der Waals surface area contributed by atoms with Crippen molar-refractivity contribution in [3.05, 3.63) is 50.6 Å². The number of thiophene rings is 1. The van der Waals surface area contributed by atoms with Crippen molar-refractivity contribution in [2.24, 2.45) is 0 Å². The SMILES string of the molecule is Cc1nc(C2CC2)nc2sc(C(=O)Nc3ccc4[nH]c(=O)[nH]c4c3)c(C)c12. The van der Waals surface area contributed by atoms with Crippen molar-refractivity contribution >= 4 is 44.2 Å². The number of hydrogen-bond donors (Lipinski definition) is 3. The summed E-state index contributed by atoms with van der Waals surface area (Å²) in [5, 5.41) is 3.89. The molecule has 3 N–H and O–H groups in total. The molecule has 136 valence electrons. The van der Waals surface area contributed by atoms with Gasteiger partial charge in [0.2, 0.25) is 0 Å². The highest BCUT2D eigenvalue weighted by molar-refractivity contribution is 7.20. The standard InChI is InChI=1S/C19H17N5O2S/c1-8-14-9(2)20-16(10-3-4-10)24-18(14)27-15(8)17(25)21-11-5-6-12-13(7-11)23-19(26)22-12/h5-7,10H,3-4H2,1-2H3,(H,21,25)(H2,22,23,26). The summed E-state index contributed by atoms with van der Waals surface area (Å²) >= 11 is 1.41. The van der Waals surface area contributed by atoms with E-state index in [2.05, 4.69) is 20.3 Å². The lowest BCUT2D eigenvalue weighted by Crippen LogP contribution is -2.11. The number of aryl methyl sites for hydroxylation is 2.